The van der Waals surface area contributed by atoms with E-state index in [9.17, 15) is 14.0 Å². The molecule has 1 aliphatic rings. The summed E-state index contributed by atoms with van der Waals surface area (Å²) >= 11 is 0. The zero-order chi connectivity index (χ0) is 21.9. The van der Waals surface area contributed by atoms with Gasteiger partial charge in [-0.1, -0.05) is 6.07 Å². The van der Waals surface area contributed by atoms with Crippen LogP contribution in [0, 0.1) is 12.7 Å². The highest BCUT2D eigenvalue weighted by atomic mass is 19.1. The second kappa shape index (κ2) is 12.0. The maximum atomic E-state index is 13.6. The average molecular weight is 422 g/mol. The van der Waals surface area contributed by atoms with Crippen molar-refractivity contribution in [1.82, 2.24) is 20.9 Å². The van der Waals surface area contributed by atoms with E-state index in [1.807, 2.05) is 6.92 Å². The van der Waals surface area contributed by atoms with E-state index in [2.05, 4.69) is 20.9 Å². The Hall–Kier alpha value is -2.84. The average Bonchev–Trinajstić information content (AvgIpc) is 2.73. The molecule has 0 saturated carbocycles. The number of carbonyl (C=O) groups excluding carboxylic acids is 2. The normalized spacial score (nSPS) is 14.9. The van der Waals surface area contributed by atoms with Gasteiger partial charge < -0.3 is 25.6 Å². The minimum atomic E-state index is -0.395. The van der Waals surface area contributed by atoms with Crippen LogP contribution in [0.4, 0.5) is 9.18 Å². The minimum Gasteiger partial charge on any atom is -0.450 e. The van der Waals surface area contributed by atoms with Crippen molar-refractivity contribution in [3.63, 3.8) is 0 Å². The smallest absolute Gasteiger partial charge is 0.409 e. The Bertz CT molecular complexity index is 748. The van der Waals surface area contributed by atoms with Crippen LogP contribution in [0.25, 0.3) is 0 Å². The fourth-order valence-electron chi connectivity index (χ4n) is 3.11. The van der Waals surface area contributed by atoms with Gasteiger partial charge in [-0.3, -0.25) is 9.79 Å². The van der Waals surface area contributed by atoms with E-state index in [4.69, 9.17) is 4.74 Å². The molecular weight excluding hydrogens is 389 g/mol. The van der Waals surface area contributed by atoms with E-state index in [0.717, 1.165) is 12.8 Å². The molecular formula is C21H32FN5O3. The second-order valence-electron chi connectivity index (χ2n) is 7.09. The molecule has 30 heavy (non-hydrogen) atoms. The lowest BCUT2D eigenvalue weighted by molar-refractivity contribution is 0.0948. The predicted octanol–water partition coefficient (Wildman–Crippen LogP) is 2.04. The zero-order valence-corrected chi connectivity index (χ0v) is 18.0. The van der Waals surface area contributed by atoms with Crippen LogP contribution in [-0.2, 0) is 4.74 Å². The van der Waals surface area contributed by atoms with E-state index in [0.29, 0.717) is 56.4 Å². The number of ether oxygens (including phenoxy) is 1. The molecule has 1 aromatic rings. The summed E-state index contributed by atoms with van der Waals surface area (Å²) in [6.45, 7) is 8.52. The molecule has 0 aliphatic carbocycles. The lowest BCUT2D eigenvalue weighted by Gasteiger charge is -2.32. The van der Waals surface area contributed by atoms with Crippen LogP contribution >= 0.6 is 0 Å². The molecule has 166 valence electrons. The summed E-state index contributed by atoms with van der Waals surface area (Å²) in [5, 5.41) is 9.32. The van der Waals surface area contributed by atoms with Crippen molar-refractivity contribution in [2.24, 2.45) is 4.99 Å². The first-order chi connectivity index (χ1) is 14.4. The molecule has 8 nitrogen and oxygen atoms in total. The van der Waals surface area contributed by atoms with E-state index < -0.39 is 5.82 Å². The van der Waals surface area contributed by atoms with Gasteiger partial charge in [0.2, 0.25) is 0 Å². The van der Waals surface area contributed by atoms with Crippen LogP contribution in [0.15, 0.2) is 23.2 Å². The number of nitrogens with zero attached hydrogens (tertiary/aromatic N) is 2. The molecule has 2 rings (SSSR count). The topological polar surface area (TPSA) is 95.1 Å². The van der Waals surface area contributed by atoms with Crippen molar-refractivity contribution < 1.29 is 18.7 Å². The summed E-state index contributed by atoms with van der Waals surface area (Å²) < 4.78 is 18.6. The molecule has 0 radical (unpaired) electrons. The number of nitrogens with one attached hydrogen (secondary N) is 3. The standard InChI is InChI=1S/C21H32FN5O3/c1-4-23-20(26-17-8-12-27(13-9-17)21(29)30-5-2)25-11-10-24-19(28)16-7-6-15(3)18(22)14-16/h6-7,14,17H,4-5,8-13H2,1-3H3,(H,24,28)(H2,23,25,26). The lowest BCUT2D eigenvalue weighted by Crippen LogP contribution is -2.50. The van der Waals surface area contributed by atoms with Gasteiger partial charge in [0.1, 0.15) is 5.82 Å². The molecule has 2 amide bonds. The summed E-state index contributed by atoms with van der Waals surface area (Å²) in [5.74, 6) is -0.0515. The summed E-state index contributed by atoms with van der Waals surface area (Å²) in [7, 11) is 0. The van der Waals surface area contributed by atoms with Crippen molar-refractivity contribution in [2.45, 2.75) is 39.7 Å². The molecule has 1 aromatic carbocycles. The summed E-state index contributed by atoms with van der Waals surface area (Å²) in [5.41, 5.74) is 0.797. The Labute approximate surface area is 177 Å². The van der Waals surface area contributed by atoms with E-state index in [1.165, 1.54) is 6.07 Å². The summed E-state index contributed by atoms with van der Waals surface area (Å²) in [4.78, 5) is 30.1. The number of aryl methyl sites for hydroxylation is 1. The fraction of sp³-hybridized carbons (Fsp3) is 0.571. The minimum absolute atomic E-state index is 0.207. The summed E-state index contributed by atoms with van der Waals surface area (Å²) in [6.07, 6.45) is 1.35. The van der Waals surface area contributed by atoms with Crippen LogP contribution in [0.1, 0.15) is 42.6 Å². The largest absolute Gasteiger partial charge is 0.450 e. The van der Waals surface area contributed by atoms with E-state index >= 15 is 0 Å². The molecule has 0 unspecified atom stereocenters. The van der Waals surface area contributed by atoms with Crippen LogP contribution in [-0.4, -0.2) is 68.2 Å². The van der Waals surface area contributed by atoms with Crippen molar-refractivity contribution in [3.05, 3.63) is 35.1 Å². The Kier molecular flexibility index (Phi) is 9.37. The fourth-order valence-corrected chi connectivity index (χ4v) is 3.11. The van der Waals surface area contributed by atoms with Crippen molar-refractivity contribution in [2.75, 3.05) is 39.3 Å². The quantitative estimate of drug-likeness (QED) is 0.356. The van der Waals surface area contributed by atoms with Crippen LogP contribution in [0.3, 0.4) is 0 Å². The Morgan fingerprint density at radius 1 is 1.23 bits per heavy atom. The SMILES string of the molecule is CCNC(=NCCNC(=O)c1ccc(C)c(F)c1)NC1CCN(C(=O)OCC)CC1. The number of hydrogen-bond acceptors (Lipinski definition) is 4. The van der Waals surface area contributed by atoms with Crippen molar-refractivity contribution >= 4 is 18.0 Å². The first-order valence-electron chi connectivity index (χ1n) is 10.5. The number of halogens is 1. The molecule has 0 bridgehead atoms. The van der Waals surface area contributed by atoms with Gasteiger partial charge in [-0.15, -0.1) is 0 Å². The van der Waals surface area contributed by atoms with Gasteiger partial charge >= 0.3 is 6.09 Å². The first-order valence-corrected chi connectivity index (χ1v) is 10.5. The third-order valence-electron chi connectivity index (χ3n) is 4.81. The molecule has 1 saturated heterocycles. The third-order valence-corrected chi connectivity index (χ3v) is 4.81. The molecule has 0 spiro atoms. The summed E-state index contributed by atoms with van der Waals surface area (Å²) in [6, 6.07) is 4.63. The number of amides is 2. The van der Waals surface area contributed by atoms with Gasteiger partial charge in [0.05, 0.1) is 13.2 Å². The monoisotopic (exact) mass is 421 g/mol. The van der Waals surface area contributed by atoms with Gasteiger partial charge in [-0.05, 0) is 51.3 Å². The maximum absolute atomic E-state index is 13.6. The molecule has 1 aliphatic heterocycles. The van der Waals surface area contributed by atoms with Crippen LogP contribution < -0.4 is 16.0 Å². The number of guanidine groups is 1. The highest BCUT2D eigenvalue weighted by molar-refractivity contribution is 5.94. The Morgan fingerprint density at radius 2 is 1.97 bits per heavy atom. The van der Waals surface area contributed by atoms with Gasteiger partial charge in [0, 0.05) is 37.8 Å². The Balaban J connectivity index is 1.78. The van der Waals surface area contributed by atoms with Gasteiger partial charge in [-0.25, -0.2) is 9.18 Å². The molecule has 0 atom stereocenters. The van der Waals surface area contributed by atoms with Crippen LogP contribution in [0.2, 0.25) is 0 Å². The molecule has 0 aromatic heterocycles. The first kappa shape index (κ1) is 23.4. The number of piperidine rings is 1. The second-order valence-corrected chi connectivity index (χ2v) is 7.09. The number of carbonyl (C=O) groups is 2. The molecule has 9 heteroatoms. The number of likely N-dealkylation sites (tertiary alicyclic amines) is 1. The molecule has 1 heterocycles. The maximum Gasteiger partial charge on any atom is 0.409 e. The number of benzene rings is 1. The van der Waals surface area contributed by atoms with Crippen molar-refractivity contribution in [1.29, 1.82) is 0 Å². The van der Waals surface area contributed by atoms with E-state index in [-0.39, 0.29) is 18.0 Å². The highest BCUT2D eigenvalue weighted by Crippen LogP contribution is 2.11. The number of aliphatic imine (C=N–C) groups is 1. The zero-order valence-electron chi connectivity index (χ0n) is 18.0. The number of hydrogen-bond donors (Lipinski definition) is 3. The lowest BCUT2D eigenvalue weighted by atomic mass is 10.1. The molecule has 1 fully saturated rings. The van der Waals surface area contributed by atoms with E-state index in [1.54, 1.807) is 30.9 Å². The highest BCUT2D eigenvalue weighted by Gasteiger charge is 2.24. The molecule has 3 N–H and O–H groups in total. The van der Waals surface area contributed by atoms with Gasteiger partial charge in [0.25, 0.3) is 5.91 Å². The van der Waals surface area contributed by atoms with Crippen molar-refractivity contribution in [3.8, 4) is 0 Å². The predicted molar refractivity (Wildman–Crippen MR) is 114 cm³/mol. The third kappa shape index (κ3) is 7.20. The van der Waals surface area contributed by atoms with Gasteiger partial charge in [0.15, 0.2) is 5.96 Å². The Morgan fingerprint density at radius 3 is 2.60 bits per heavy atom. The number of rotatable bonds is 7. The van der Waals surface area contributed by atoms with Crippen LogP contribution in [0.5, 0.6) is 0 Å². The van der Waals surface area contributed by atoms with Gasteiger partial charge in [-0.2, -0.15) is 0 Å².